The predicted octanol–water partition coefficient (Wildman–Crippen LogP) is 4.75. The Morgan fingerprint density at radius 1 is 1.03 bits per heavy atom. The molecule has 0 unspecified atom stereocenters. The van der Waals surface area contributed by atoms with Crippen molar-refractivity contribution in [1.82, 2.24) is 9.97 Å². The van der Waals surface area contributed by atoms with Crippen LogP contribution in [-0.4, -0.2) is 22.0 Å². The molecule has 150 valence electrons. The van der Waals surface area contributed by atoms with Gasteiger partial charge in [-0.15, -0.1) is 0 Å². The van der Waals surface area contributed by atoms with Crippen LogP contribution in [0.1, 0.15) is 41.2 Å². The summed E-state index contributed by atoms with van der Waals surface area (Å²) >= 11 is 0. The number of aryl methyl sites for hydroxylation is 2. The molecule has 1 aromatic heterocycles. The van der Waals surface area contributed by atoms with Crippen LogP contribution < -0.4 is 15.4 Å². The number of rotatable bonds is 7. The molecule has 0 aliphatic heterocycles. The molecule has 0 bridgehead atoms. The van der Waals surface area contributed by atoms with Crippen LogP contribution in [0.2, 0.25) is 0 Å². The molecule has 0 aliphatic carbocycles. The van der Waals surface area contributed by atoms with Gasteiger partial charge in [0.15, 0.2) is 0 Å². The monoisotopic (exact) mass is 390 g/mol. The molecular weight excluding hydrogens is 364 g/mol. The van der Waals surface area contributed by atoms with E-state index in [-0.39, 0.29) is 12.0 Å². The molecule has 29 heavy (non-hydrogen) atoms. The second-order valence-electron chi connectivity index (χ2n) is 7.17. The maximum Gasteiger partial charge on any atom is 0.274 e. The van der Waals surface area contributed by atoms with Crippen molar-refractivity contribution in [2.75, 3.05) is 10.6 Å². The number of nitrogens with one attached hydrogen (secondary N) is 2. The Kier molecular flexibility index (Phi) is 6.44. The van der Waals surface area contributed by atoms with Crippen molar-refractivity contribution >= 4 is 17.5 Å². The molecule has 3 rings (SSSR count). The van der Waals surface area contributed by atoms with Gasteiger partial charge in [0.1, 0.15) is 11.4 Å². The number of anilines is 2. The molecule has 0 atom stereocenters. The summed E-state index contributed by atoms with van der Waals surface area (Å²) in [4.78, 5) is 21.5. The summed E-state index contributed by atoms with van der Waals surface area (Å²) < 4.78 is 5.77. The quantitative estimate of drug-likeness (QED) is 0.609. The molecule has 0 saturated carbocycles. The van der Waals surface area contributed by atoms with Crippen molar-refractivity contribution in [2.24, 2.45) is 0 Å². The smallest absolute Gasteiger partial charge is 0.274 e. The normalized spacial score (nSPS) is 10.7. The number of ether oxygens (including phenoxy) is 1. The first-order valence-electron chi connectivity index (χ1n) is 9.63. The molecule has 0 saturated heterocycles. The Bertz CT molecular complexity index is 984. The summed E-state index contributed by atoms with van der Waals surface area (Å²) in [5.41, 5.74) is 3.94. The lowest BCUT2D eigenvalue weighted by molar-refractivity contribution is 0.102. The van der Waals surface area contributed by atoms with Crippen molar-refractivity contribution in [3.8, 4) is 5.75 Å². The van der Waals surface area contributed by atoms with Crippen LogP contribution in [-0.2, 0) is 6.54 Å². The van der Waals surface area contributed by atoms with E-state index >= 15 is 0 Å². The Balaban J connectivity index is 1.73. The minimum absolute atomic E-state index is 0.00641. The van der Waals surface area contributed by atoms with Gasteiger partial charge in [0.2, 0.25) is 5.95 Å². The molecule has 0 spiro atoms. The third kappa shape index (κ3) is 5.78. The average Bonchev–Trinajstić information content (AvgIpc) is 2.68. The van der Waals surface area contributed by atoms with Gasteiger partial charge in [0.05, 0.1) is 11.8 Å². The van der Waals surface area contributed by atoms with Crippen LogP contribution in [0.5, 0.6) is 5.75 Å². The molecule has 6 nitrogen and oxygen atoms in total. The van der Waals surface area contributed by atoms with Gasteiger partial charge in [0, 0.05) is 12.2 Å². The molecule has 2 N–H and O–H groups in total. The van der Waals surface area contributed by atoms with E-state index in [0.29, 0.717) is 35.3 Å². The number of hydrogen-bond donors (Lipinski definition) is 2. The number of nitrogens with zero attached hydrogens (tertiary/aromatic N) is 2. The first-order valence-corrected chi connectivity index (χ1v) is 9.63. The number of para-hydroxylation sites is 2. The molecule has 2 aromatic carbocycles. The predicted molar refractivity (Wildman–Crippen MR) is 115 cm³/mol. The highest BCUT2D eigenvalue weighted by atomic mass is 16.5. The van der Waals surface area contributed by atoms with E-state index in [9.17, 15) is 4.79 Å². The maximum atomic E-state index is 12.8. The zero-order valence-electron chi connectivity index (χ0n) is 17.2. The third-order valence-electron chi connectivity index (χ3n) is 4.16. The summed E-state index contributed by atoms with van der Waals surface area (Å²) in [6, 6.07) is 17.2. The first kappa shape index (κ1) is 20.3. The lowest BCUT2D eigenvalue weighted by Gasteiger charge is -2.15. The van der Waals surface area contributed by atoms with Gasteiger partial charge in [-0.1, -0.05) is 42.0 Å². The fraction of sp³-hybridized carbons (Fsp3) is 0.261. The Morgan fingerprint density at radius 3 is 2.48 bits per heavy atom. The molecule has 6 heteroatoms. The molecule has 0 fully saturated rings. The fourth-order valence-corrected chi connectivity index (χ4v) is 2.76. The van der Waals surface area contributed by atoms with Crippen LogP contribution in [0.25, 0.3) is 0 Å². The number of carbonyl (C=O) groups excluding carboxylic acids is 1. The number of hydrogen-bond acceptors (Lipinski definition) is 5. The van der Waals surface area contributed by atoms with E-state index in [4.69, 9.17) is 4.74 Å². The minimum Gasteiger partial charge on any atom is -0.489 e. The third-order valence-corrected chi connectivity index (χ3v) is 4.16. The van der Waals surface area contributed by atoms with Crippen LogP contribution in [0.3, 0.4) is 0 Å². The summed E-state index contributed by atoms with van der Waals surface area (Å²) in [7, 11) is 0. The van der Waals surface area contributed by atoms with Crippen molar-refractivity contribution in [3.63, 3.8) is 0 Å². The van der Waals surface area contributed by atoms with E-state index in [0.717, 1.165) is 5.56 Å². The van der Waals surface area contributed by atoms with Crippen molar-refractivity contribution < 1.29 is 9.53 Å². The van der Waals surface area contributed by atoms with Gasteiger partial charge in [-0.05, 0) is 51.5 Å². The van der Waals surface area contributed by atoms with Gasteiger partial charge >= 0.3 is 0 Å². The molecule has 3 aromatic rings. The topological polar surface area (TPSA) is 76.1 Å². The lowest BCUT2D eigenvalue weighted by Crippen LogP contribution is -2.17. The summed E-state index contributed by atoms with van der Waals surface area (Å²) in [5, 5.41) is 6.08. The molecule has 0 aliphatic rings. The van der Waals surface area contributed by atoms with Crippen LogP contribution in [0, 0.1) is 13.8 Å². The second kappa shape index (κ2) is 9.19. The summed E-state index contributed by atoms with van der Waals surface area (Å²) in [6.45, 7) is 8.36. The van der Waals surface area contributed by atoms with Crippen molar-refractivity contribution in [2.45, 2.75) is 40.3 Å². The Hall–Kier alpha value is -3.41. The summed E-state index contributed by atoms with van der Waals surface area (Å²) in [5.74, 6) is 0.732. The van der Waals surface area contributed by atoms with Gasteiger partial charge < -0.3 is 15.4 Å². The van der Waals surface area contributed by atoms with E-state index in [1.54, 1.807) is 12.1 Å². The van der Waals surface area contributed by atoms with E-state index in [1.807, 2.05) is 39.0 Å². The van der Waals surface area contributed by atoms with Gasteiger partial charge in [0.25, 0.3) is 5.91 Å². The average molecular weight is 390 g/mol. The van der Waals surface area contributed by atoms with E-state index < -0.39 is 0 Å². The number of aromatic nitrogens is 2. The van der Waals surface area contributed by atoms with E-state index in [1.165, 1.54) is 5.56 Å². The lowest BCUT2D eigenvalue weighted by atomic mass is 10.1. The number of benzene rings is 2. The molecule has 0 radical (unpaired) electrons. The zero-order chi connectivity index (χ0) is 20.8. The SMILES string of the molecule is Cc1ccc(CNc2nc(C)cc(C(=O)Nc3ccccc3OC(C)C)n2)cc1. The number of carbonyl (C=O) groups is 1. The van der Waals surface area contributed by atoms with Gasteiger partial charge in [-0.3, -0.25) is 4.79 Å². The zero-order valence-corrected chi connectivity index (χ0v) is 17.2. The van der Waals surface area contributed by atoms with Gasteiger partial charge in [-0.2, -0.15) is 0 Å². The highest BCUT2D eigenvalue weighted by Crippen LogP contribution is 2.25. The van der Waals surface area contributed by atoms with Crippen LogP contribution >= 0.6 is 0 Å². The number of amides is 1. The van der Waals surface area contributed by atoms with Crippen molar-refractivity contribution in [1.29, 1.82) is 0 Å². The highest BCUT2D eigenvalue weighted by Gasteiger charge is 2.14. The second-order valence-corrected chi connectivity index (χ2v) is 7.17. The molecule has 1 amide bonds. The van der Waals surface area contributed by atoms with Crippen LogP contribution in [0.15, 0.2) is 54.6 Å². The first-order chi connectivity index (χ1) is 13.9. The van der Waals surface area contributed by atoms with Crippen LogP contribution in [0.4, 0.5) is 11.6 Å². The van der Waals surface area contributed by atoms with Gasteiger partial charge in [-0.25, -0.2) is 9.97 Å². The fourth-order valence-electron chi connectivity index (χ4n) is 2.76. The Labute approximate surface area is 171 Å². The van der Waals surface area contributed by atoms with Crippen molar-refractivity contribution in [3.05, 3.63) is 77.1 Å². The molecular formula is C23H26N4O2. The maximum absolute atomic E-state index is 12.8. The molecule has 1 heterocycles. The largest absolute Gasteiger partial charge is 0.489 e. The standard InChI is InChI=1S/C23H26N4O2/c1-15(2)29-21-8-6-5-7-19(21)26-22(28)20-13-17(4)25-23(27-20)24-14-18-11-9-16(3)10-12-18/h5-13,15H,14H2,1-4H3,(H,26,28)(H,24,25,27). The van der Waals surface area contributed by atoms with E-state index in [2.05, 4.69) is 51.8 Å². The summed E-state index contributed by atoms with van der Waals surface area (Å²) in [6.07, 6.45) is 0.00641. The highest BCUT2D eigenvalue weighted by molar-refractivity contribution is 6.03. The Morgan fingerprint density at radius 2 is 1.76 bits per heavy atom. The minimum atomic E-state index is -0.311.